The molecule has 0 spiro atoms. The molecule has 0 aliphatic heterocycles. The molecule has 0 saturated carbocycles. The Morgan fingerprint density at radius 1 is 1.47 bits per heavy atom. The van der Waals surface area contributed by atoms with Gasteiger partial charge in [0.15, 0.2) is 0 Å². The zero-order valence-electron chi connectivity index (χ0n) is 9.87. The third-order valence-electron chi connectivity index (χ3n) is 2.34. The smallest absolute Gasteiger partial charge is 0.208 e. The number of hydrogen-bond donors (Lipinski definition) is 2. The quantitative estimate of drug-likeness (QED) is 0.731. The Hall–Kier alpha value is -0.550. The average molecular weight is 228 g/mol. The number of hydrogen-bond acceptors (Lipinski definition) is 4. The lowest BCUT2D eigenvalue weighted by Crippen LogP contribution is -2.35. The van der Waals surface area contributed by atoms with E-state index in [1.807, 2.05) is 6.92 Å². The largest absolute Gasteiger partial charge is 0.313 e. The molecule has 1 aromatic heterocycles. The highest BCUT2D eigenvalue weighted by Crippen LogP contribution is 2.22. The highest BCUT2D eigenvalue weighted by atomic mass is 32.2. The average Bonchev–Trinajstić information content (AvgIpc) is 2.60. The van der Waals surface area contributed by atoms with Crippen molar-refractivity contribution in [2.75, 3.05) is 6.54 Å². The molecule has 0 aromatic carbocycles. The Balaban J connectivity index is 2.49. The summed E-state index contributed by atoms with van der Waals surface area (Å²) < 4.78 is 0. The lowest BCUT2D eigenvalue weighted by atomic mass is 10.2. The lowest BCUT2D eigenvalue weighted by molar-refractivity contribution is 0.508. The number of H-pyrrole nitrogens is 1. The normalized spacial score (nSPS) is 15.2. The molecule has 0 amide bonds. The van der Waals surface area contributed by atoms with E-state index in [2.05, 4.69) is 41.3 Å². The third kappa shape index (κ3) is 3.83. The maximum atomic E-state index is 4.30. The van der Waals surface area contributed by atoms with Crippen molar-refractivity contribution in [3.8, 4) is 0 Å². The van der Waals surface area contributed by atoms with Gasteiger partial charge in [0.1, 0.15) is 5.82 Å². The van der Waals surface area contributed by atoms with E-state index in [1.54, 1.807) is 11.8 Å². The van der Waals surface area contributed by atoms with Crippen LogP contribution in [0.1, 0.15) is 33.0 Å². The van der Waals surface area contributed by atoms with Gasteiger partial charge < -0.3 is 5.32 Å². The topological polar surface area (TPSA) is 53.6 Å². The molecule has 2 unspecified atom stereocenters. The van der Waals surface area contributed by atoms with Gasteiger partial charge in [-0.05, 0) is 19.9 Å². The van der Waals surface area contributed by atoms with E-state index < -0.39 is 0 Å². The third-order valence-corrected chi connectivity index (χ3v) is 3.43. The van der Waals surface area contributed by atoms with E-state index in [1.165, 1.54) is 0 Å². The van der Waals surface area contributed by atoms with E-state index in [-0.39, 0.29) is 0 Å². The van der Waals surface area contributed by atoms with E-state index in [0.717, 1.165) is 23.9 Å². The number of nitrogens with one attached hydrogen (secondary N) is 2. The highest BCUT2D eigenvalue weighted by molar-refractivity contribution is 7.99. The van der Waals surface area contributed by atoms with Gasteiger partial charge in [0.25, 0.3) is 0 Å². The summed E-state index contributed by atoms with van der Waals surface area (Å²) in [5, 5.41) is 11.8. The number of aromatic nitrogens is 3. The number of nitrogens with zero attached hydrogens (tertiary/aromatic N) is 2. The molecule has 0 bridgehead atoms. The summed E-state index contributed by atoms with van der Waals surface area (Å²) in [6.07, 6.45) is 1.13. The molecule has 0 aliphatic rings. The summed E-state index contributed by atoms with van der Waals surface area (Å²) in [7, 11) is 0. The summed E-state index contributed by atoms with van der Waals surface area (Å²) in [5.41, 5.74) is 0. The first kappa shape index (κ1) is 12.5. The minimum absolute atomic E-state index is 0.491. The lowest BCUT2D eigenvalue weighted by Gasteiger charge is -2.21. The molecular weight excluding hydrogens is 208 g/mol. The minimum Gasteiger partial charge on any atom is -0.313 e. The van der Waals surface area contributed by atoms with Crippen LogP contribution in [0.15, 0.2) is 5.16 Å². The predicted molar refractivity (Wildman–Crippen MR) is 64.2 cm³/mol. The molecule has 1 heterocycles. The number of rotatable bonds is 6. The van der Waals surface area contributed by atoms with Crippen molar-refractivity contribution in [1.82, 2.24) is 20.5 Å². The van der Waals surface area contributed by atoms with E-state index in [4.69, 9.17) is 0 Å². The highest BCUT2D eigenvalue weighted by Gasteiger charge is 2.17. The van der Waals surface area contributed by atoms with E-state index >= 15 is 0 Å². The summed E-state index contributed by atoms with van der Waals surface area (Å²) in [6, 6.07) is 0.527. The summed E-state index contributed by atoms with van der Waals surface area (Å²) in [4.78, 5) is 4.30. The van der Waals surface area contributed by atoms with Crippen LogP contribution >= 0.6 is 11.8 Å². The Labute approximate surface area is 95.6 Å². The van der Waals surface area contributed by atoms with Crippen molar-refractivity contribution >= 4 is 11.8 Å². The van der Waals surface area contributed by atoms with Crippen molar-refractivity contribution in [2.45, 2.75) is 50.6 Å². The molecule has 5 heteroatoms. The molecule has 0 aliphatic carbocycles. The Morgan fingerprint density at radius 2 is 2.20 bits per heavy atom. The second-order valence-electron chi connectivity index (χ2n) is 3.60. The molecule has 0 fully saturated rings. The van der Waals surface area contributed by atoms with Crippen LogP contribution in [0.2, 0.25) is 0 Å². The summed E-state index contributed by atoms with van der Waals surface area (Å²) in [6.45, 7) is 9.48. The van der Waals surface area contributed by atoms with Crippen LogP contribution in [0.25, 0.3) is 0 Å². The fourth-order valence-electron chi connectivity index (χ4n) is 1.53. The first-order chi connectivity index (χ1) is 7.17. The van der Waals surface area contributed by atoms with Crippen molar-refractivity contribution in [3.63, 3.8) is 0 Å². The second-order valence-corrected chi connectivity index (χ2v) is 4.94. The fourth-order valence-corrected chi connectivity index (χ4v) is 2.60. The van der Waals surface area contributed by atoms with Gasteiger partial charge in [-0.25, -0.2) is 4.98 Å². The van der Waals surface area contributed by atoms with Gasteiger partial charge in [0.05, 0.1) is 0 Å². The molecule has 1 aromatic rings. The molecule has 2 atom stereocenters. The maximum absolute atomic E-state index is 4.30. The Morgan fingerprint density at radius 3 is 2.67 bits per heavy atom. The fraction of sp³-hybridized carbons (Fsp3) is 0.800. The van der Waals surface area contributed by atoms with Crippen LogP contribution in [0, 0.1) is 6.92 Å². The molecule has 2 N–H and O–H groups in total. The van der Waals surface area contributed by atoms with Crippen LogP contribution in [0.3, 0.4) is 0 Å². The van der Waals surface area contributed by atoms with Crippen molar-refractivity contribution in [3.05, 3.63) is 5.82 Å². The van der Waals surface area contributed by atoms with Gasteiger partial charge in [0, 0.05) is 11.3 Å². The van der Waals surface area contributed by atoms with Gasteiger partial charge in [-0.1, -0.05) is 32.5 Å². The predicted octanol–water partition coefficient (Wildman–Crippen LogP) is 1.98. The molecule has 1 rings (SSSR count). The van der Waals surface area contributed by atoms with Crippen molar-refractivity contribution in [1.29, 1.82) is 0 Å². The first-order valence-electron chi connectivity index (χ1n) is 5.46. The van der Waals surface area contributed by atoms with Gasteiger partial charge in [-0.2, -0.15) is 0 Å². The Bertz CT molecular complexity index is 287. The SMILES string of the molecule is CCNC(CC)C(C)Sc1n[nH]c(C)n1. The summed E-state index contributed by atoms with van der Waals surface area (Å²) >= 11 is 1.72. The molecule has 0 saturated heterocycles. The monoisotopic (exact) mass is 228 g/mol. The van der Waals surface area contributed by atoms with Crippen LogP contribution in [0.5, 0.6) is 0 Å². The Kier molecular flexibility index (Phi) is 5.11. The molecule has 86 valence electrons. The number of thioether (sulfide) groups is 1. The molecule has 15 heavy (non-hydrogen) atoms. The number of aromatic amines is 1. The van der Waals surface area contributed by atoms with Crippen LogP contribution < -0.4 is 5.32 Å². The van der Waals surface area contributed by atoms with E-state index in [0.29, 0.717) is 11.3 Å². The minimum atomic E-state index is 0.491. The van der Waals surface area contributed by atoms with Gasteiger partial charge in [0.2, 0.25) is 5.16 Å². The zero-order valence-corrected chi connectivity index (χ0v) is 10.7. The van der Waals surface area contributed by atoms with Gasteiger partial charge in [-0.3, -0.25) is 5.10 Å². The molecular formula is C10H20N4S. The maximum Gasteiger partial charge on any atom is 0.208 e. The van der Waals surface area contributed by atoms with Crippen molar-refractivity contribution in [2.24, 2.45) is 0 Å². The van der Waals surface area contributed by atoms with Gasteiger partial charge >= 0.3 is 0 Å². The molecule has 4 nitrogen and oxygen atoms in total. The zero-order chi connectivity index (χ0) is 11.3. The van der Waals surface area contributed by atoms with Crippen LogP contribution in [-0.2, 0) is 0 Å². The van der Waals surface area contributed by atoms with Crippen LogP contribution in [-0.4, -0.2) is 33.0 Å². The van der Waals surface area contributed by atoms with Gasteiger partial charge in [-0.15, -0.1) is 5.10 Å². The van der Waals surface area contributed by atoms with Crippen molar-refractivity contribution < 1.29 is 0 Å². The standard InChI is InChI=1S/C10H20N4S/c1-5-9(11-6-2)7(3)15-10-12-8(4)13-14-10/h7,9,11H,5-6H2,1-4H3,(H,12,13,14). The van der Waals surface area contributed by atoms with Crippen LogP contribution in [0.4, 0.5) is 0 Å². The molecule has 0 radical (unpaired) electrons. The first-order valence-corrected chi connectivity index (χ1v) is 6.34. The second kappa shape index (κ2) is 6.12. The van der Waals surface area contributed by atoms with E-state index in [9.17, 15) is 0 Å². The summed E-state index contributed by atoms with van der Waals surface area (Å²) in [5.74, 6) is 0.876. The number of aryl methyl sites for hydroxylation is 1.